The summed E-state index contributed by atoms with van der Waals surface area (Å²) < 4.78 is 0. The van der Waals surface area contributed by atoms with Crippen molar-refractivity contribution < 1.29 is 9.59 Å². The quantitative estimate of drug-likeness (QED) is 0.922. The summed E-state index contributed by atoms with van der Waals surface area (Å²) in [7, 11) is 0. The van der Waals surface area contributed by atoms with Gasteiger partial charge in [-0.1, -0.05) is 42.8 Å². The summed E-state index contributed by atoms with van der Waals surface area (Å²) in [6.45, 7) is 6.53. The Balaban J connectivity index is 1.74. The van der Waals surface area contributed by atoms with Gasteiger partial charge in [-0.25, -0.2) is 0 Å². The topological polar surface area (TPSA) is 49.4 Å². The zero-order valence-electron chi connectivity index (χ0n) is 15.0. The van der Waals surface area contributed by atoms with Crippen LogP contribution in [0, 0.1) is 19.8 Å². The summed E-state index contributed by atoms with van der Waals surface area (Å²) in [5.41, 5.74) is 5.07. The van der Waals surface area contributed by atoms with Crippen molar-refractivity contribution >= 4 is 23.2 Å². The molecule has 0 unspecified atom stereocenters. The third kappa shape index (κ3) is 3.58. The Labute approximate surface area is 148 Å². The van der Waals surface area contributed by atoms with E-state index in [0.717, 1.165) is 28.9 Å². The third-order valence-electron chi connectivity index (χ3n) is 4.80. The molecule has 1 atom stereocenters. The van der Waals surface area contributed by atoms with Crippen LogP contribution < -0.4 is 10.2 Å². The van der Waals surface area contributed by atoms with Crippen molar-refractivity contribution in [1.29, 1.82) is 0 Å². The smallest absolute Gasteiger partial charge is 0.229 e. The first-order valence-corrected chi connectivity index (χ1v) is 8.76. The maximum absolute atomic E-state index is 12.7. The molecule has 3 rings (SSSR count). The van der Waals surface area contributed by atoms with E-state index in [4.69, 9.17) is 0 Å². The summed E-state index contributed by atoms with van der Waals surface area (Å²) >= 11 is 0. The van der Waals surface area contributed by atoms with E-state index in [2.05, 4.69) is 18.3 Å². The summed E-state index contributed by atoms with van der Waals surface area (Å²) in [6, 6.07) is 13.8. The molecule has 0 radical (unpaired) electrons. The molecule has 0 aliphatic carbocycles. The minimum Gasteiger partial charge on any atom is -0.326 e. The fourth-order valence-electron chi connectivity index (χ4n) is 3.41. The molecule has 0 saturated carbocycles. The highest BCUT2D eigenvalue weighted by molar-refractivity contribution is 6.04. The van der Waals surface area contributed by atoms with Crippen molar-refractivity contribution in [3.8, 4) is 0 Å². The first-order valence-electron chi connectivity index (χ1n) is 8.76. The van der Waals surface area contributed by atoms with E-state index in [0.29, 0.717) is 6.54 Å². The molecule has 0 spiro atoms. The van der Waals surface area contributed by atoms with Gasteiger partial charge in [-0.3, -0.25) is 9.59 Å². The maximum atomic E-state index is 12.7. The highest BCUT2D eigenvalue weighted by atomic mass is 16.2. The molecule has 1 heterocycles. The minimum atomic E-state index is -0.321. The van der Waals surface area contributed by atoms with Crippen LogP contribution in [0.25, 0.3) is 0 Å². The van der Waals surface area contributed by atoms with Gasteiger partial charge in [0.15, 0.2) is 0 Å². The normalized spacial score (nSPS) is 17.0. The van der Waals surface area contributed by atoms with Gasteiger partial charge in [-0.05, 0) is 43.5 Å². The summed E-state index contributed by atoms with van der Waals surface area (Å²) in [5, 5.41) is 3.00. The Morgan fingerprint density at radius 3 is 2.68 bits per heavy atom. The molecule has 0 aromatic heterocycles. The van der Waals surface area contributed by atoms with Crippen LogP contribution in [-0.2, 0) is 16.0 Å². The lowest BCUT2D eigenvalue weighted by Crippen LogP contribution is -2.28. The second-order valence-electron chi connectivity index (χ2n) is 6.70. The molecule has 4 nitrogen and oxygen atoms in total. The average Bonchev–Trinajstić information content (AvgIpc) is 2.97. The van der Waals surface area contributed by atoms with Gasteiger partial charge in [0.25, 0.3) is 0 Å². The highest BCUT2D eigenvalue weighted by Crippen LogP contribution is 2.29. The fraction of sp³-hybridized carbons (Fsp3) is 0.333. The molecule has 2 amide bonds. The van der Waals surface area contributed by atoms with E-state index in [1.165, 1.54) is 5.56 Å². The molecule has 2 aromatic rings. The number of carbonyl (C=O) groups is 2. The first-order chi connectivity index (χ1) is 12.0. The number of anilines is 2. The largest absolute Gasteiger partial charge is 0.326 e. The van der Waals surface area contributed by atoms with Crippen LogP contribution in [0.4, 0.5) is 11.4 Å². The molecular weight excluding hydrogens is 312 g/mol. The molecular formula is C21H24N2O2. The number of aryl methyl sites for hydroxylation is 3. The van der Waals surface area contributed by atoms with Crippen molar-refractivity contribution in [2.75, 3.05) is 16.8 Å². The van der Waals surface area contributed by atoms with E-state index in [1.807, 2.05) is 50.2 Å². The number of hydrogen-bond acceptors (Lipinski definition) is 2. The van der Waals surface area contributed by atoms with Crippen molar-refractivity contribution in [2.45, 2.75) is 33.6 Å². The fourth-order valence-corrected chi connectivity index (χ4v) is 3.41. The monoisotopic (exact) mass is 336 g/mol. The van der Waals surface area contributed by atoms with Crippen LogP contribution in [0.3, 0.4) is 0 Å². The molecule has 1 saturated heterocycles. The minimum absolute atomic E-state index is 0.0101. The first kappa shape index (κ1) is 17.2. The van der Waals surface area contributed by atoms with Crippen molar-refractivity contribution in [2.24, 2.45) is 5.92 Å². The van der Waals surface area contributed by atoms with Crippen molar-refractivity contribution in [3.05, 3.63) is 59.2 Å². The zero-order chi connectivity index (χ0) is 18.0. The lowest BCUT2D eigenvalue weighted by Gasteiger charge is -2.19. The summed E-state index contributed by atoms with van der Waals surface area (Å²) in [6.07, 6.45) is 1.11. The lowest BCUT2D eigenvalue weighted by atomic mass is 10.1. The molecule has 1 aliphatic heterocycles. The molecule has 4 heteroatoms. The van der Waals surface area contributed by atoms with Gasteiger partial charge < -0.3 is 10.2 Å². The maximum Gasteiger partial charge on any atom is 0.229 e. The van der Waals surface area contributed by atoms with Gasteiger partial charge in [0.05, 0.1) is 5.92 Å². The van der Waals surface area contributed by atoms with E-state index in [1.54, 1.807) is 4.90 Å². The van der Waals surface area contributed by atoms with Crippen LogP contribution >= 0.6 is 0 Å². The van der Waals surface area contributed by atoms with Gasteiger partial charge in [0.2, 0.25) is 11.8 Å². The van der Waals surface area contributed by atoms with Crippen LogP contribution in [-0.4, -0.2) is 18.4 Å². The Bertz CT molecular complexity index is 813. The Hall–Kier alpha value is -2.62. The number of nitrogens with zero attached hydrogens (tertiary/aromatic N) is 1. The standard InChI is InChI=1S/C21H24N2O2/c1-4-16-7-5-6-8-18(16)22-21(25)17-12-20(24)23(13-17)19-10-9-14(2)11-15(19)3/h5-11,17H,4,12-13H2,1-3H3,(H,22,25)/t17-/m0/s1. The van der Waals surface area contributed by atoms with Gasteiger partial charge in [-0.15, -0.1) is 0 Å². The van der Waals surface area contributed by atoms with Crippen LogP contribution in [0.1, 0.15) is 30.0 Å². The number of para-hydroxylation sites is 1. The molecule has 0 bridgehead atoms. The van der Waals surface area contributed by atoms with Crippen LogP contribution in [0.5, 0.6) is 0 Å². The van der Waals surface area contributed by atoms with Gasteiger partial charge in [-0.2, -0.15) is 0 Å². The summed E-state index contributed by atoms with van der Waals surface area (Å²) in [4.78, 5) is 26.8. The van der Waals surface area contributed by atoms with Gasteiger partial charge in [0, 0.05) is 24.3 Å². The van der Waals surface area contributed by atoms with Crippen molar-refractivity contribution in [3.63, 3.8) is 0 Å². The van der Waals surface area contributed by atoms with Crippen molar-refractivity contribution in [1.82, 2.24) is 0 Å². The molecule has 1 aliphatic rings. The second kappa shape index (κ2) is 7.09. The highest BCUT2D eigenvalue weighted by Gasteiger charge is 2.35. The number of carbonyl (C=O) groups excluding carboxylic acids is 2. The van der Waals surface area contributed by atoms with E-state index in [9.17, 15) is 9.59 Å². The second-order valence-corrected chi connectivity index (χ2v) is 6.70. The van der Waals surface area contributed by atoms with E-state index >= 15 is 0 Å². The van der Waals surface area contributed by atoms with Gasteiger partial charge in [0.1, 0.15) is 0 Å². The zero-order valence-corrected chi connectivity index (χ0v) is 15.0. The number of amides is 2. The average molecular weight is 336 g/mol. The predicted molar refractivity (Wildman–Crippen MR) is 101 cm³/mol. The summed E-state index contributed by atoms with van der Waals surface area (Å²) in [5.74, 6) is -0.393. The lowest BCUT2D eigenvalue weighted by molar-refractivity contribution is -0.122. The van der Waals surface area contributed by atoms with Crippen LogP contribution in [0.15, 0.2) is 42.5 Å². The molecule has 1 N–H and O–H groups in total. The predicted octanol–water partition coefficient (Wildman–Crippen LogP) is 3.86. The molecule has 25 heavy (non-hydrogen) atoms. The Kier molecular flexibility index (Phi) is 4.88. The molecule has 2 aromatic carbocycles. The van der Waals surface area contributed by atoms with Gasteiger partial charge >= 0.3 is 0 Å². The third-order valence-corrected chi connectivity index (χ3v) is 4.80. The number of nitrogens with one attached hydrogen (secondary N) is 1. The van der Waals surface area contributed by atoms with E-state index in [-0.39, 0.29) is 24.2 Å². The van der Waals surface area contributed by atoms with Crippen LogP contribution in [0.2, 0.25) is 0 Å². The number of benzene rings is 2. The number of rotatable bonds is 4. The SMILES string of the molecule is CCc1ccccc1NC(=O)[C@H]1CC(=O)N(c2ccc(C)cc2C)C1. The van der Waals surface area contributed by atoms with E-state index < -0.39 is 0 Å². The Morgan fingerprint density at radius 1 is 1.20 bits per heavy atom. The Morgan fingerprint density at radius 2 is 1.96 bits per heavy atom. The molecule has 1 fully saturated rings. The molecule has 130 valence electrons. The number of hydrogen-bond donors (Lipinski definition) is 1.